The van der Waals surface area contributed by atoms with Crippen LogP contribution in [0.15, 0.2) is 48.5 Å². The zero-order chi connectivity index (χ0) is 13.4. The van der Waals surface area contributed by atoms with E-state index in [2.05, 4.69) is 13.0 Å². The average Bonchev–Trinajstić information content (AvgIpc) is 2.81. The molecule has 1 atom stereocenters. The molecule has 0 aliphatic heterocycles. The third kappa shape index (κ3) is 2.27. The van der Waals surface area contributed by atoms with Crippen molar-refractivity contribution in [1.82, 2.24) is 0 Å². The lowest BCUT2D eigenvalue weighted by Gasteiger charge is -2.12. The second kappa shape index (κ2) is 4.76. The third-order valence-corrected chi connectivity index (χ3v) is 4.53. The summed E-state index contributed by atoms with van der Waals surface area (Å²) in [7, 11) is 0. The predicted molar refractivity (Wildman–Crippen MR) is 79.0 cm³/mol. The van der Waals surface area contributed by atoms with Crippen molar-refractivity contribution in [3.63, 3.8) is 0 Å². The summed E-state index contributed by atoms with van der Waals surface area (Å²) in [5.74, 6) is -0.207. The van der Waals surface area contributed by atoms with E-state index < -0.39 is 0 Å². The summed E-state index contributed by atoms with van der Waals surface area (Å²) < 4.78 is 14.3. The number of thiophene rings is 1. The van der Waals surface area contributed by atoms with E-state index in [0.717, 1.165) is 20.5 Å². The largest absolute Gasteiger partial charge is 0.320 e. The van der Waals surface area contributed by atoms with E-state index in [1.54, 1.807) is 17.4 Å². The summed E-state index contributed by atoms with van der Waals surface area (Å²) in [6.45, 7) is 2.06. The number of aryl methyl sites for hydroxylation is 1. The van der Waals surface area contributed by atoms with Gasteiger partial charge in [0.25, 0.3) is 0 Å². The summed E-state index contributed by atoms with van der Waals surface area (Å²) >= 11 is 1.63. The maximum atomic E-state index is 13.2. The minimum absolute atomic E-state index is 0.151. The molecule has 1 aromatic heterocycles. The Labute approximate surface area is 115 Å². The van der Waals surface area contributed by atoms with Crippen LogP contribution < -0.4 is 5.73 Å². The van der Waals surface area contributed by atoms with E-state index in [-0.39, 0.29) is 11.9 Å². The monoisotopic (exact) mass is 271 g/mol. The lowest BCUT2D eigenvalue weighted by molar-refractivity contribution is 0.630. The fourth-order valence-electron chi connectivity index (χ4n) is 2.28. The van der Waals surface area contributed by atoms with Gasteiger partial charge in [-0.15, -0.1) is 11.3 Å². The Morgan fingerprint density at radius 2 is 1.89 bits per heavy atom. The number of hydrogen-bond donors (Lipinski definition) is 1. The van der Waals surface area contributed by atoms with Crippen molar-refractivity contribution < 1.29 is 4.39 Å². The highest BCUT2D eigenvalue weighted by Gasteiger charge is 2.14. The first-order valence-electron chi connectivity index (χ1n) is 6.15. The molecule has 1 unspecified atom stereocenters. The molecule has 96 valence electrons. The van der Waals surface area contributed by atoms with Gasteiger partial charge in [0.05, 0.1) is 6.04 Å². The standard InChI is InChI=1S/C16H14FNS/c1-10-4-2-3-5-13(10)16(18)15-9-11-8-12(17)6-7-14(11)19-15/h2-9,16H,18H2,1H3. The predicted octanol–water partition coefficient (Wildman–Crippen LogP) is 4.40. The van der Waals surface area contributed by atoms with E-state index >= 15 is 0 Å². The Morgan fingerprint density at radius 3 is 2.68 bits per heavy atom. The molecular weight excluding hydrogens is 257 g/mol. The smallest absolute Gasteiger partial charge is 0.123 e. The Balaban J connectivity index is 2.07. The molecule has 0 aliphatic rings. The van der Waals surface area contributed by atoms with E-state index in [1.807, 2.05) is 30.3 Å². The summed E-state index contributed by atoms with van der Waals surface area (Å²) in [6, 6.07) is 14.8. The van der Waals surface area contributed by atoms with Gasteiger partial charge in [0.2, 0.25) is 0 Å². The van der Waals surface area contributed by atoms with E-state index in [9.17, 15) is 4.39 Å². The number of halogens is 1. The lowest BCUT2D eigenvalue weighted by atomic mass is 10.0. The van der Waals surface area contributed by atoms with Crippen molar-refractivity contribution in [3.05, 3.63) is 70.4 Å². The molecule has 0 aliphatic carbocycles. The van der Waals surface area contributed by atoms with Gasteiger partial charge in [-0.3, -0.25) is 0 Å². The number of nitrogens with two attached hydrogens (primary N) is 1. The Bertz CT molecular complexity index is 732. The summed E-state index contributed by atoms with van der Waals surface area (Å²) in [5, 5.41) is 0.920. The molecule has 1 heterocycles. The van der Waals surface area contributed by atoms with Crippen molar-refractivity contribution in [2.75, 3.05) is 0 Å². The Kier molecular flexibility index (Phi) is 3.09. The first-order chi connectivity index (χ1) is 9.15. The van der Waals surface area contributed by atoms with Crippen LogP contribution in [0.3, 0.4) is 0 Å². The van der Waals surface area contributed by atoms with Gasteiger partial charge in [-0.1, -0.05) is 24.3 Å². The number of hydrogen-bond acceptors (Lipinski definition) is 2. The first kappa shape index (κ1) is 12.3. The molecule has 19 heavy (non-hydrogen) atoms. The number of rotatable bonds is 2. The van der Waals surface area contributed by atoms with Crippen molar-refractivity contribution in [3.8, 4) is 0 Å². The van der Waals surface area contributed by atoms with Crippen LogP contribution in [0.1, 0.15) is 22.0 Å². The van der Waals surface area contributed by atoms with Gasteiger partial charge >= 0.3 is 0 Å². The molecule has 2 aromatic carbocycles. The first-order valence-corrected chi connectivity index (χ1v) is 6.97. The molecule has 1 nitrogen and oxygen atoms in total. The molecule has 0 radical (unpaired) electrons. The van der Waals surface area contributed by atoms with Crippen molar-refractivity contribution >= 4 is 21.4 Å². The average molecular weight is 271 g/mol. The van der Waals surface area contributed by atoms with Gasteiger partial charge in [0.15, 0.2) is 0 Å². The van der Waals surface area contributed by atoms with Gasteiger partial charge in [-0.05, 0) is 47.7 Å². The highest BCUT2D eigenvalue weighted by atomic mass is 32.1. The second-order valence-corrected chi connectivity index (χ2v) is 5.78. The molecule has 0 spiro atoms. The Morgan fingerprint density at radius 1 is 1.11 bits per heavy atom. The van der Waals surface area contributed by atoms with Gasteiger partial charge in [0.1, 0.15) is 5.82 Å². The van der Waals surface area contributed by atoms with Gasteiger partial charge in [-0.2, -0.15) is 0 Å². The van der Waals surface area contributed by atoms with E-state index in [0.29, 0.717) is 0 Å². The van der Waals surface area contributed by atoms with Gasteiger partial charge in [0, 0.05) is 9.58 Å². The molecule has 0 saturated heterocycles. The maximum absolute atomic E-state index is 13.2. The molecule has 0 bridgehead atoms. The van der Waals surface area contributed by atoms with Crippen LogP contribution in [0.4, 0.5) is 4.39 Å². The highest BCUT2D eigenvalue weighted by Crippen LogP contribution is 2.33. The molecular formula is C16H14FNS. The van der Waals surface area contributed by atoms with Gasteiger partial charge < -0.3 is 5.73 Å². The van der Waals surface area contributed by atoms with Crippen molar-refractivity contribution in [1.29, 1.82) is 0 Å². The summed E-state index contributed by atoms with van der Waals surface area (Å²) in [4.78, 5) is 1.06. The maximum Gasteiger partial charge on any atom is 0.123 e. The molecule has 0 saturated carbocycles. The zero-order valence-corrected chi connectivity index (χ0v) is 11.4. The van der Waals surface area contributed by atoms with E-state index in [1.165, 1.54) is 11.6 Å². The van der Waals surface area contributed by atoms with Crippen LogP contribution in [0.25, 0.3) is 10.1 Å². The third-order valence-electron chi connectivity index (χ3n) is 3.33. The molecule has 3 rings (SSSR count). The minimum Gasteiger partial charge on any atom is -0.320 e. The second-order valence-electron chi connectivity index (χ2n) is 4.67. The SMILES string of the molecule is Cc1ccccc1C(N)c1cc2cc(F)ccc2s1. The zero-order valence-electron chi connectivity index (χ0n) is 10.6. The lowest BCUT2D eigenvalue weighted by Crippen LogP contribution is -2.11. The normalized spacial score (nSPS) is 12.8. The minimum atomic E-state index is -0.207. The molecule has 3 heteroatoms. The quantitative estimate of drug-likeness (QED) is 0.734. The fraction of sp³-hybridized carbons (Fsp3) is 0.125. The van der Waals surface area contributed by atoms with Crippen LogP contribution in [0.2, 0.25) is 0 Å². The van der Waals surface area contributed by atoms with Crippen LogP contribution in [-0.4, -0.2) is 0 Å². The Hall–Kier alpha value is -1.71. The molecule has 0 amide bonds. The van der Waals surface area contributed by atoms with Crippen LogP contribution in [-0.2, 0) is 0 Å². The fourth-order valence-corrected chi connectivity index (χ4v) is 3.34. The molecule has 3 aromatic rings. The van der Waals surface area contributed by atoms with E-state index in [4.69, 9.17) is 5.73 Å². The van der Waals surface area contributed by atoms with Crippen molar-refractivity contribution in [2.45, 2.75) is 13.0 Å². The topological polar surface area (TPSA) is 26.0 Å². The molecule has 2 N–H and O–H groups in total. The highest BCUT2D eigenvalue weighted by molar-refractivity contribution is 7.19. The van der Waals surface area contributed by atoms with Gasteiger partial charge in [-0.25, -0.2) is 4.39 Å². The summed E-state index contributed by atoms with van der Waals surface area (Å²) in [6.07, 6.45) is 0. The summed E-state index contributed by atoms with van der Waals surface area (Å²) in [5.41, 5.74) is 8.63. The number of benzene rings is 2. The van der Waals surface area contributed by atoms with Crippen LogP contribution in [0, 0.1) is 12.7 Å². The van der Waals surface area contributed by atoms with Crippen LogP contribution in [0.5, 0.6) is 0 Å². The van der Waals surface area contributed by atoms with Crippen molar-refractivity contribution in [2.24, 2.45) is 5.73 Å². The molecule has 0 fully saturated rings. The number of fused-ring (bicyclic) bond motifs is 1. The van der Waals surface area contributed by atoms with Crippen LogP contribution >= 0.6 is 11.3 Å².